The maximum atomic E-state index is 11.0. The number of nitrogens with one attached hydrogen (secondary N) is 2. The fourth-order valence-corrected chi connectivity index (χ4v) is 2.65. The molecule has 0 bridgehead atoms. The molecule has 0 unspecified atom stereocenters. The molecule has 0 saturated carbocycles. The molecule has 10 nitrogen and oxygen atoms in total. The summed E-state index contributed by atoms with van der Waals surface area (Å²) in [6.45, 7) is 6.80. The third kappa shape index (κ3) is 15.6. The van der Waals surface area contributed by atoms with Crippen LogP contribution in [0.1, 0.15) is 18.1 Å². The summed E-state index contributed by atoms with van der Waals surface area (Å²) in [5.74, 6) is -0.845. The predicted molar refractivity (Wildman–Crippen MR) is 141 cm³/mol. The molecule has 196 valence electrons. The van der Waals surface area contributed by atoms with Crippen LogP contribution in [0.5, 0.6) is 0 Å². The van der Waals surface area contributed by atoms with Gasteiger partial charge >= 0.3 is 0 Å². The first-order valence-electron chi connectivity index (χ1n) is 10.9. The Hall–Kier alpha value is -4.18. The largest absolute Gasteiger partial charge is 0.388 e. The Morgan fingerprint density at radius 3 is 1.61 bits per heavy atom. The van der Waals surface area contributed by atoms with Crippen molar-refractivity contribution < 1.29 is 28.8 Å². The molecule has 2 N–H and O–H groups in total. The van der Waals surface area contributed by atoms with Gasteiger partial charge < -0.3 is 25.1 Å². The molecular formula is C26H36N4O6. The number of carbonyl (C=O) groups excluding carboxylic acids is 6. The summed E-state index contributed by atoms with van der Waals surface area (Å²) in [5.41, 5.74) is 4.00. The van der Waals surface area contributed by atoms with Crippen molar-refractivity contribution in [3.05, 3.63) is 59.7 Å². The minimum absolute atomic E-state index is 0.221. The molecule has 0 aliphatic heterocycles. The molecule has 2 aromatic carbocycles. The second-order valence-corrected chi connectivity index (χ2v) is 7.37. The average molecular weight is 501 g/mol. The molecule has 0 radical (unpaired) electrons. The minimum Gasteiger partial charge on any atom is -0.388 e. The highest BCUT2D eigenvalue weighted by Crippen LogP contribution is 2.10. The standard InChI is InChI=1S/2C12H16N2O2.2CH2O/c1-14(2)8-7-10-3-5-11(6-4-10)13-12(16)9-15;1-10(16)14(9-15)8-7-11-3-5-12(13-2)6-4-11;2*1-2/h3-6,9H,7-8H2,1-2H3,(H,13,16);3-6,9,13H,7-8H2,1-2H3;2*1H2. The number of likely N-dealkylation sites (N-methyl/N-ethyl adjacent to an activating group) is 1. The topological polar surface area (TPSA) is 133 Å². The Morgan fingerprint density at radius 1 is 0.806 bits per heavy atom. The molecule has 3 amide bonds. The molecule has 2 rings (SSSR count). The van der Waals surface area contributed by atoms with E-state index in [1.54, 1.807) is 12.1 Å². The van der Waals surface area contributed by atoms with Gasteiger partial charge in [-0.1, -0.05) is 24.3 Å². The number of amides is 3. The molecule has 0 aliphatic rings. The zero-order chi connectivity index (χ0) is 27.9. The van der Waals surface area contributed by atoms with Crippen LogP contribution in [0.3, 0.4) is 0 Å². The van der Waals surface area contributed by atoms with Crippen molar-refractivity contribution in [2.45, 2.75) is 19.8 Å². The van der Waals surface area contributed by atoms with Crippen LogP contribution in [0.4, 0.5) is 11.4 Å². The van der Waals surface area contributed by atoms with Crippen molar-refractivity contribution in [1.29, 1.82) is 0 Å². The number of hydrogen-bond acceptors (Lipinski definition) is 8. The van der Waals surface area contributed by atoms with E-state index in [1.807, 2.05) is 71.1 Å². The Morgan fingerprint density at radius 2 is 1.25 bits per heavy atom. The number of anilines is 2. The number of nitrogens with zero attached hydrogens (tertiary/aromatic N) is 2. The lowest BCUT2D eigenvalue weighted by atomic mass is 10.1. The molecular weight excluding hydrogens is 464 g/mol. The van der Waals surface area contributed by atoms with Gasteiger partial charge in [-0.15, -0.1) is 0 Å². The Kier molecular flexibility index (Phi) is 20.2. The van der Waals surface area contributed by atoms with Crippen molar-refractivity contribution in [3.63, 3.8) is 0 Å². The normalized spacial score (nSPS) is 9.03. The van der Waals surface area contributed by atoms with Gasteiger partial charge in [0.1, 0.15) is 13.6 Å². The fourth-order valence-electron chi connectivity index (χ4n) is 2.65. The lowest BCUT2D eigenvalue weighted by Gasteiger charge is -2.12. The van der Waals surface area contributed by atoms with Gasteiger partial charge in [0.05, 0.1) is 0 Å². The molecule has 0 fully saturated rings. The van der Waals surface area contributed by atoms with E-state index in [0.29, 0.717) is 25.1 Å². The van der Waals surface area contributed by atoms with Crippen molar-refractivity contribution in [2.24, 2.45) is 0 Å². The van der Waals surface area contributed by atoms with Crippen LogP contribution in [0.15, 0.2) is 48.5 Å². The van der Waals surface area contributed by atoms with Crippen LogP contribution in [0.2, 0.25) is 0 Å². The van der Waals surface area contributed by atoms with E-state index < -0.39 is 5.91 Å². The maximum absolute atomic E-state index is 11.0. The molecule has 0 heterocycles. The fraction of sp³-hybridized carbons (Fsp3) is 0.308. The molecule has 10 heteroatoms. The number of hydrogen-bond donors (Lipinski definition) is 2. The van der Waals surface area contributed by atoms with E-state index in [2.05, 4.69) is 15.5 Å². The quantitative estimate of drug-likeness (QED) is 0.373. The lowest BCUT2D eigenvalue weighted by Crippen LogP contribution is -2.29. The highest BCUT2D eigenvalue weighted by atomic mass is 16.2. The van der Waals surface area contributed by atoms with Crippen LogP contribution < -0.4 is 10.6 Å². The smallest absolute Gasteiger partial charge is 0.288 e. The van der Waals surface area contributed by atoms with Crippen LogP contribution in [0, 0.1) is 0 Å². The monoisotopic (exact) mass is 500 g/mol. The summed E-state index contributed by atoms with van der Waals surface area (Å²) < 4.78 is 0. The third-order valence-electron chi connectivity index (χ3n) is 4.59. The van der Waals surface area contributed by atoms with Gasteiger partial charge in [0, 0.05) is 38.4 Å². The zero-order valence-electron chi connectivity index (χ0n) is 21.4. The van der Waals surface area contributed by atoms with E-state index >= 15 is 0 Å². The number of aldehydes is 1. The SMILES string of the molecule is C=O.C=O.CN(C)CCc1ccc(NC(=O)C=O)cc1.CNc1ccc(CCN(C=O)C(C)=O)cc1. The summed E-state index contributed by atoms with van der Waals surface area (Å²) >= 11 is 0. The Labute approximate surface area is 212 Å². The van der Waals surface area contributed by atoms with E-state index in [0.717, 1.165) is 24.2 Å². The molecule has 2 aromatic rings. The zero-order valence-corrected chi connectivity index (χ0v) is 21.4. The van der Waals surface area contributed by atoms with Crippen molar-refractivity contribution in [1.82, 2.24) is 9.80 Å². The number of benzene rings is 2. The number of carbonyl (C=O) groups is 6. The van der Waals surface area contributed by atoms with E-state index in [4.69, 9.17) is 9.59 Å². The van der Waals surface area contributed by atoms with Gasteiger partial charge in [-0.3, -0.25) is 24.1 Å². The molecule has 0 aliphatic carbocycles. The highest BCUT2D eigenvalue weighted by Gasteiger charge is 2.06. The van der Waals surface area contributed by atoms with Gasteiger partial charge in [0.2, 0.25) is 18.6 Å². The van der Waals surface area contributed by atoms with E-state index in [-0.39, 0.29) is 12.2 Å². The third-order valence-corrected chi connectivity index (χ3v) is 4.59. The first kappa shape index (κ1) is 34.0. The summed E-state index contributed by atoms with van der Waals surface area (Å²) in [4.78, 5) is 61.8. The first-order chi connectivity index (χ1) is 17.3. The summed E-state index contributed by atoms with van der Waals surface area (Å²) in [5, 5.41) is 5.49. The van der Waals surface area contributed by atoms with Crippen molar-refractivity contribution >= 4 is 49.5 Å². The van der Waals surface area contributed by atoms with Crippen LogP contribution >= 0.6 is 0 Å². The van der Waals surface area contributed by atoms with Crippen LogP contribution in [0.25, 0.3) is 0 Å². The summed E-state index contributed by atoms with van der Waals surface area (Å²) in [6, 6.07) is 15.4. The highest BCUT2D eigenvalue weighted by molar-refractivity contribution is 6.29. The second kappa shape index (κ2) is 21.4. The van der Waals surface area contributed by atoms with Crippen LogP contribution in [-0.4, -0.2) is 82.1 Å². The van der Waals surface area contributed by atoms with Gasteiger partial charge in [-0.25, -0.2) is 0 Å². The van der Waals surface area contributed by atoms with Gasteiger partial charge in [-0.05, 0) is 62.3 Å². The van der Waals surface area contributed by atoms with Crippen LogP contribution in [-0.2, 0) is 41.6 Å². The van der Waals surface area contributed by atoms with Gasteiger partial charge in [-0.2, -0.15) is 0 Å². The second-order valence-electron chi connectivity index (χ2n) is 7.37. The lowest BCUT2D eigenvalue weighted by molar-refractivity contribution is -0.136. The van der Waals surface area contributed by atoms with Crippen molar-refractivity contribution in [3.8, 4) is 0 Å². The molecule has 0 atom stereocenters. The van der Waals surface area contributed by atoms with Crippen molar-refractivity contribution in [2.75, 3.05) is 44.9 Å². The van der Waals surface area contributed by atoms with Gasteiger partial charge in [0.25, 0.3) is 5.91 Å². The van der Waals surface area contributed by atoms with Gasteiger partial charge in [0.15, 0.2) is 0 Å². The Balaban J connectivity index is 0. The van der Waals surface area contributed by atoms with E-state index in [9.17, 15) is 19.2 Å². The first-order valence-corrected chi connectivity index (χ1v) is 10.9. The Bertz CT molecular complexity index is 900. The molecule has 0 spiro atoms. The molecule has 0 saturated heterocycles. The van der Waals surface area contributed by atoms with E-state index in [1.165, 1.54) is 17.4 Å². The summed E-state index contributed by atoms with van der Waals surface area (Å²) in [7, 11) is 5.91. The molecule has 0 aromatic heterocycles. The predicted octanol–water partition coefficient (Wildman–Crippen LogP) is 1.83. The maximum Gasteiger partial charge on any atom is 0.288 e. The summed E-state index contributed by atoms with van der Waals surface area (Å²) in [6.07, 6.45) is 2.49. The molecule has 36 heavy (non-hydrogen) atoms. The number of imide groups is 1. The number of rotatable bonds is 10. The average Bonchev–Trinajstić information content (AvgIpc) is 2.91. The minimum atomic E-state index is -0.624.